The van der Waals surface area contributed by atoms with Gasteiger partial charge >= 0.3 is 11.6 Å². The third kappa shape index (κ3) is 3.61. The zero-order chi connectivity index (χ0) is 24.0. The zero-order valence-corrected chi connectivity index (χ0v) is 18.9. The maximum atomic E-state index is 13.9. The van der Waals surface area contributed by atoms with E-state index in [2.05, 4.69) is 0 Å². The summed E-state index contributed by atoms with van der Waals surface area (Å²) >= 11 is 0. The van der Waals surface area contributed by atoms with E-state index < -0.39 is 11.6 Å². The molecule has 0 bridgehead atoms. The van der Waals surface area contributed by atoms with Gasteiger partial charge in [0.1, 0.15) is 16.9 Å². The molecule has 0 spiro atoms. The highest BCUT2D eigenvalue weighted by Crippen LogP contribution is 2.34. The molecule has 0 amide bonds. The number of carbonyl (C=O) groups is 1. The molecule has 7 nitrogen and oxygen atoms in total. The molecule has 0 aliphatic rings. The molecule has 170 valence electrons. The number of rotatable bonds is 4. The zero-order valence-electron chi connectivity index (χ0n) is 18.9. The first kappa shape index (κ1) is 21.5. The minimum absolute atomic E-state index is 0.0297. The van der Waals surface area contributed by atoms with Crippen LogP contribution in [0.15, 0.2) is 79.1 Å². The maximum absolute atomic E-state index is 13.9. The minimum Gasteiger partial charge on any atom is -0.440 e. The smallest absolute Gasteiger partial charge is 0.336 e. The van der Waals surface area contributed by atoms with Crippen LogP contribution in [0.25, 0.3) is 32.7 Å². The van der Waals surface area contributed by atoms with Crippen LogP contribution in [0.1, 0.15) is 18.1 Å². The number of anilines is 1. The van der Waals surface area contributed by atoms with Crippen LogP contribution in [0, 0.1) is 0 Å². The molecule has 5 aromatic rings. The number of hydrogen-bond donors (Lipinski definition) is 0. The molecule has 0 N–H and O–H groups in total. The van der Waals surface area contributed by atoms with Crippen molar-refractivity contribution in [3.63, 3.8) is 0 Å². The summed E-state index contributed by atoms with van der Waals surface area (Å²) in [5.74, 6) is 0.0663. The number of carbonyl (C=O) groups excluding carboxylic acids is 1. The molecule has 3 aromatic carbocycles. The van der Waals surface area contributed by atoms with Crippen LogP contribution in [0.5, 0.6) is 5.75 Å². The lowest BCUT2D eigenvalue weighted by atomic mass is 9.98. The quantitative estimate of drug-likeness (QED) is 0.169. The molecule has 0 aliphatic carbocycles. The van der Waals surface area contributed by atoms with Gasteiger partial charge in [-0.1, -0.05) is 30.3 Å². The summed E-state index contributed by atoms with van der Waals surface area (Å²) in [5.41, 5.74) is 0.764. The van der Waals surface area contributed by atoms with Crippen molar-refractivity contribution in [2.24, 2.45) is 0 Å². The first-order valence-electron chi connectivity index (χ1n) is 10.7. The van der Waals surface area contributed by atoms with E-state index in [0.29, 0.717) is 33.4 Å². The second-order valence-corrected chi connectivity index (χ2v) is 8.25. The number of fused-ring (bicyclic) bond motifs is 4. The molecule has 0 unspecified atom stereocenters. The van der Waals surface area contributed by atoms with E-state index in [9.17, 15) is 14.4 Å². The van der Waals surface area contributed by atoms with E-state index >= 15 is 0 Å². The first-order chi connectivity index (χ1) is 16.3. The second-order valence-electron chi connectivity index (χ2n) is 8.25. The van der Waals surface area contributed by atoms with Crippen molar-refractivity contribution in [2.45, 2.75) is 13.3 Å². The van der Waals surface area contributed by atoms with Gasteiger partial charge in [-0.05, 0) is 35.0 Å². The molecular formula is C27H21NO6. The second kappa shape index (κ2) is 8.19. The fraction of sp³-hybridized carbons (Fsp3) is 0.148. The molecule has 0 atom stereocenters. The van der Waals surface area contributed by atoms with Crippen molar-refractivity contribution in [1.29, 1.82) is 0 Å². The number of esters is 1. The van der Waals surface area contributed by atoms with Crippen molar-refractivity contribution < 1.29 is 18.4 Å². The lowest BCUT2D eigenvalue weighted by Crippen LogP contribution is -2.20. The van der Waals surface area contributed by atoms with Crippen molar-refractivity contribution >= 4 is 44.6 Å². The lowest BCUT2D eigenvalue weighted by molar-refractivity contribution is -0.131. The molecule has 0 fully saturated rings. The largest absolute Gasteiger partial charge is 0.440 e. The average Bonchev–Trinajstić information content (AvgIpc) is 2.81. The van der Waals surface area contributed by atoms with E-state index in [1.54, 1.807) is 43.3 Å². The molecule has 2 aromatic heterocycles. The Balaban J connectivity index is 1.84. The summed E-state index contributed by atoms with van der Waals surface area (Å²) in [6.45, 7) is 1.29. The summed E-state index contributed by atoms with van der Waals surface area (Å²) in [6.07, 6.45) is 0.0297. The molecule has 34 heavy (non-hydrogen) atoms. The number of hydrogen-bond acceptors (Lipinski definition) is 7. The van der Waals surface area contributed by atoms with Gasteiger partial charge < -0.3 is 18.5 Å². The molecule has 0 saturated carbocycles. The topological polar surface area (TPSA) is 90.0 Å². The SMILES string of the molecule is CC(=O)Oc1ccc2ccc(=O)oc2c1Cc1c(N(C)C)oc2ccc3ccccc3c2c1=O. The van der Waals surface area contributed by atoms with Crippen molar-refractivity contribution in [2.75, 3.05) is 19.0 Å². The Labute approximate surface area is 193 Å². The lowest BCUT2D eigenvalue weighted by Gasteiger charge is -2.18. The standard InChI is InChI=1S/C27H21NO6/c1-15(29)32-21-11-9-17-10-13-23(30)34-26(17)19(21)14-20-25(31)24-18-7-5-4-6-16(18)8-12-22(24)33-27(20)28(2)3/h4-13H,14H2,1-3H3. The summed E-state index contributed by atoms with van der Waals surface area (Å²) < 4.78 is 17.1. The Kier molecular flexibility index (Phi) is 5.17. The van der Waals surface area contributed by atoms with Crippen LogP contribution in [-0.4, -0.2) is 20.1 Å². The fourth-order valence-corrected chi connectivity index (χ4v) is 4.27. The van der Waals surface area contributed by atoms with Crippen molar-refractivity contribution in [3.05, 3.63) is 92.4 Å². The fourth-order valence-electron chi connectivity index (χ4n) is 4.27. The summed E-state index contributed by atoms with van der Waals surface area (Å²) in [6, 6.07) is 17.6. The van der Waals surface area contributed by atoms with E-state index in [4.69, 9.17) is 13.6 Å². The maximum Gasteiger partial charge on any atom is 0.336 e. The van der Waals surface area contributed by atoms with E-state index in [-0.39, 0.29) is 23.2 Å². The number of ether oxygens (including phenoxy) is 1. The Morgan fingerprint density at radius 2 is 1.62 bits per heavy atom. The van der Waals surface area contributed by atoms with Gasteiger partial charge in [-0.15, -0.1) is 0 Å². The van der Waals surface area contributed by atoms with Crippen LogP contribution in [0.3, 0.4) is 0 Å². The first-order valence-corrected chi connectivity index (χ1v) is 10.7. The number of nitrogens with zero attached hydrogens (tertiary/aromatic N) is 1. The van der Waals surface area contributed by atoms with Crippen molar-refractivity contribution in [1.82, 2.24) is 0 Å². The van der Waals surface area contributed by atoms with E-state index in [0.717, 1.165) is 10.8 Å². The van der Waals surface area contributed by atoms with E-state index in [1.165, 1.54) is 13.0 Å². The molecule has 2 heterocycles. The third-order valence-electron chi connectivity index (χ3n) is 5.72. The van der Waals surface area contributed by atoms with Crippen LogP contribution in [-0.2, 0) is 11.2 Å². The summed E-state index contributed by atoms with van der Waals surface area (Å²) in [7, 11) is 3.57. The van der Waals surface area contributed by atoms with Gasteiger partial charge in [0.15, 0.2) is 5.43 Å². The molecule has 0 saturated heterocycles. The van der Waals surface area contributed by atoms with Crippen LogP contribution >= 0.6 is 0 Å². The van der Waals surface area contributed by atoms with Crippen LogP contribution in [0.4, 0.5) is 5.88 Å². The van der Waals surface area contributed by atoms with Gasteiger partial charge in [-0.3, -0.25) is 9.59 Å². The van der Waals surface area contributed by atoms with Gasteiger partial charge in [-0.25, -0.2) is 4.79 Å². The monoisotopic (exact) mass is 455 g/mol. The predicted octanol–water partition coefficient (Wildman–Crippen LogP) is 4.63. The molecule has 5 rings (SSSR count). The van der Waals surface area contributed by atoms with Gasteiger partial charge in [0.05, 0.1) is 10.9 Å². The highest BCUT2D eigenvalue weighted by atomic mass is 16.5. The van der Waals surface area contributed by atoms with Gasteiger partial charge in [0, 0.05) is 44.5 Å². The van der Waals surface area contributed by atoms with Crippen LogP contribution in [0.2, 0.25) is 0 Å². The third-order valence-corrected chi connectivity index (χ3v) is 5.72. The highest BCUT2D eigenvalue weighted by Gasteiger charge is 2.22. The van der Waals surface area contributed by atoms with Gasteiger partial charge in [0.2, 0.25) is 5.88 Å². The Morgan fingerprint density at radius 1 is 0.882 bits per heavy atom. The Hall–Kier alpha value is -4.39. The molecular weight excluding hydrogens is 434 g/mol. The summed E-state index contributed by atoms with van der Waals surface area (Å²) in [4.78, 5) is 39.4. The van der Waals surface area contributed by atoms with Gasteiger partial charge in [-0.2, -0.15) is 0 Å². The Morgan fingerprint density at radius 3 is 2.38 bits per heavy atom. The molecule has 0 aliphatic heterocycles. The minimum atomic E-state index is -0.543. The average molecular weight is 455 g/mol. The van der Waals surface area contributed by atoms with E-state index in [1.807, 2.05) is 30.3 Å². The molecule has 7 heteroatoms. The predicted molar refractivity (Wildman–Crippen MR) is 131 cm³/mol. The number of benzene rings is 3. The summed E-state index contributed by atoms with van der Waals surface area (Å²) in [5, 5.41) is 2.81. The van der Waals surface area contributed by atoms with Gasteiger partial charge in [0.25, 0.3) is 0 Å². The van der Waals surface area contributed by atoms with Crippen molar-refractivity contribution in [3.8, 4) is 5.75 Å². The molecule has 0 radical (unpaired) electrons. The highest BCUT2D eigenvalue weighted by molar-refractivity contribution is 6.06. The Bertz CT molecular complexity index is 1710. The normalized spacial score (nSPS) is 11.3. The van der Waals surface area contributed by atoms with Crippen LogP contribution < -0.4 is 20.7 Å².